The topological polar surface area (TPSA) is 61.6 Å². The summed E-state index contributed by atoms with van der Waals surface area (Å²) in [6.07, 6.45) is 0. The Labute approximate surface area is 145 Å². The van der Waals surface area contributed by atoms with Crippen LogP contribution in [0.1, 0.15) is 5.56 Å². The molecule has 0 saturated heterocycles. The zero-order valence-corrected chi connectivity index (χ0v) is 13.7. The van der Waals surface area contributed by atoms with Crippen LogP contribution in [0.3, 0.4) is 0 Å². The van der Waals surface area contributed by atoms with Crippen LogP contribution in [0.5, 0.6) is 11.5 Å². The summed E-state index contributed by atoms with van der Waals surface area (Å²) < 4.78 is 11.0. The molecule has 0 aliphatic heterocycles. The van der Waals surface area contributed by atoms with Crippen molar-refractivity contribution in [1.29, 1.82) is 0 Å². The van der Waals surface area contributed by atoms with Crippen LogP contribution in [-0.2, 0) is 6.61 Å². The highest BCUT2D eigenvalue weighted by Crippen LogP contribution is 2.26. The van der Waals surface area contributed by atoms with Crippen LogP contribution < -0.4 is 9.47 Å². The maximum absolute atomic E-state index is 10.9. The van der Waals surface area contributed by atoms with Crippen LogP contribution in [0.15, 0.2) is 72.8 Å². The first kappa shape index (κ1) is 16.5. The molecule has 0 atom stereocenters. The van der Waals surface area contributed by atoms with Gasteiger partial charge in [0, 0.05) is 17.7 Å². The molecule has 5 nitrogen and oxygen atoms in total. The highest BCUT2D eigenvalue weighted by Gasteiger charge is 2.12. The Kier molecular flexibility index (Phi) is 4.95. The van der Waals surface area contributed by atoms with Crippen LogP contribution >= 0.6 is 0 Å². The molecule has 3 aromatic rings. The zero-order valence-electron chi connectivity index (χ0n) is 13.7. The van der Waals surface area contributed by atoms with Gasteiger partial charge in [0.25, 0.3) is 5.69 Å². The monoisotopic (exact) mass is 335 g/mol. The zero-order chi connectivity index (χ0) is 17.6. The molecule has 0 heterocycles. The van der Waals surface area contributed by atoms with Gasteiger partial charge in [0.15, 0.2) is 0 Å². The van der Waals surface area contributed by atoms with Crippen LogP contribution in [0.25, 0.3) is 11.1 Å². The number of nitro groups is 1. The summed E-state index contributed by atoms with van der Waals surface area (Å²) in [7, 11) is 1.53. The molecular weight excluding hydrogens is 318 g/mol. The number of hydrogen-bond donors (Lipinski definition) is 0. The molecule has 0 spiro atoms. The standard InChI is InChI=1S/C20H17NO4/c1-24-20-12-9-18(21(22)23)13-17(20)14-25-19-10-7-16(8-11-19)15-5-3-2-4-6-15/h2-13H,14H2,1H3. The van der Waals surface area contributed by atoms with Crippen molar-refractivity contribution >= 4 is 5.69 Å². The summed E-state index contributed by atoms with van der Waals surface area (Å²) in [4.78, 5) is 10.5. The predicted molar refractivity (Wildman–Crippen MR) is 95.9 cm³/mol. The number of ether oxygens (including phenoxy) is 2. The fourth-order valence-electron chi connectivity index (χ4n) is 2.53. The predicted octanol–water partition coefficient (Wildman–Crippen LogP) is 4.85. The summed E-state index contributed by atoms with van der Waals surface area (Å²) in [6, 6.07) is 22.2. The van der Waals surface area contributed by atoms with E-state index in [1.807, 2.05) is 54.6 Å². The Morgan fingerprint density at radius 1 is 0.920 bits per heavy atom. The van der Waals surface area contributed by atoms with Crippen molar-refractivity contribution in [3.05, 3.63) is 88.5 Å². The van der Waals surface area contributed by atoms with Crippen molar-refractivity contribution < 1.29 is 14.4 Å². The Morgan fingerprint density at radius 3 is 2.24 bits per heavy atom. The molecule has 0 fully saturated rings. The number of hydrogen-bond acceptors (Lipinski definition) is 4. The van der Waals surface area contributed by atoms with Gasteiger partial charge in [0.1, 0.15) is 18.1 Å². The van der Waals surface area contributed by atoms with E-state index < -0.39 is 4.92 Å². The average Bonchev–Trinajstić information content (AvgIpc) is 2.67. The van der Waals surface area contributed by atoms with Crippen LogP contribution in [-0.4, -0.2) is 12.0 Å². The van der Waals surface area contributed by atoms with Crippen molar-refractivity contribution in [2.24, 2.45) is 0 Å². The molecule has 0 aliphatic rings. The molecule has 126 valence electrons. The molecule has 0 amide bonds. The quantitative estimate of drug-likeness (QED) is 0.477. The highest BCUT2D eigenvalue weighted by molar-refractivity contribution is 5.63. The van der Waals surface area contributed by atoms with Gasteiger partial charge in [-0.15, -0.1) is 0 Å². The minimum absolute atomic E-state index is 0.0128. The van der Waals surface area contributed by atoms with Gasteiger partial charge in [-0.1, -0.05) is 42.5 Å². The van der Waals surface area contributed by atoms with Crippen molar-refractivity contribution in [2.75, 3.05) is 7.11 Å². The van der Waals surface area contributed by atoms with E-state index in [0.29, 0.717) is 17.1 Å². The van der Waals surface area contributed by atoms with E-state index in [1.165, 1.54) is 19.2 Å². The van der Waals surface area contributed by atoms with Crippen LogP contribution in [0, 0.1) is 10.1 Å². The molecule has 3 rings (SSSR count). The fourth-order valence-corrected chi connectivity index (χ4v) is 2.53. The number of nitro benzene ring substituents is 1. The van der Waals surface area contributed by atoms with Crippen molar-refractivity contribution in [3.63, 3.8) is 0 Å². The number of rotatable bonds is 6. The van der Waals surface area contributed by atoms with Gasteiger partial charge >= 0.3 is 0 Å². The molecule has 0 saturated carbocycles. The second kappa shape index (κ2) is 7.49. The van der Waals surface area contributed by atoms with Crippen molar-refractivity contribution in [2.45, 2.75) is 6.61 Å². The first-order valence-corrected chi connectivity index (χ1v) is 7.77. The third kappa shape index (κ3) is 3.95. The largest absolute Gasteiger partial charge is 0.496 e. The second-order valence-corrected chi connectivity index (χ2v) is 5.43. The lowest BCUT2D eigenvalue weighted by Crippen LogP contribution is -2.00. The summed E-state index contributed by atoms with van der Waals surface area (Å²) in [5, 5.41) is 10.9. The van der Waals surface area contributed by atoms with E-state index in [2.05, 4.69) is 0 Å². The molecule has 0 aliphatic carbocycles. The lowest BCUT2D eigenvalue weighted by Gasteiger charge is -2.11. The second-order valence-electron chi connectivity index (χ2n) is 5.43. The Morgan fingerprint density at radius 2 is 1.60 bits per heavy atom. The van der Waals surface area contributed by atoms with Gasteiger partial charge in [0.05, 0.1) is 12.0 Å². The Balaban J connectivity index is 1.73. The molecule has 3 aromatic carbocycles. The molecule has 0 N–H and O–H groups in total. The number of non-ortho nitro benzene ring substituents is 1. The lowest BCUT2D eigenvalue weighted by molar-refractivity contribution is -0.385. The molecular formula is C20H17NO4. The third-order valence-electron chi connectivity index (χ3n) is 3.83. The Bertz CT molecular complexity index is 861. The minimum Gasteiger partial charge on any atom is -0.496 e. The van der Waals surface area contributed by atoms with Crippen LogP contribution in [0.2, 0.25) is 0 Å². The van der Waals surface area contributed by atoms with E-state index in [-0.39, 0.29) is 12.3 Å². The number of nitrogens with zero attached hydrogens (tertiary/aromatic N) is 1. The molecule has 5 heteroatoms. The summed E-state index contributed by atoms with van der Waals surface area (Å²) in [6.45, 7) is 0.190. The van der Waals surface area contributed by atoms with Gasteiger partial charge in [-0.05, 0) is 29.3 Å². The van der Waals surface area contributed by atoms with Gasteiger partial charge in [-0.25, -0.2) is 0 Å². The average molecular weight is 335 g/mol. The molecule has 0 aromatic heterocycles. The smallest absolute Gasteiger partial charge is 0.270 e. The summed E-state index contributed by atoms with van der Waals surface area (Å²) in [5.74, 6) is 1.25. The molecule has 0 radical (unpaired) electrons. The minimum atomic E-state index is -0.433. The lowest BCUT2D eigenvalue weighted by atomic mass is 10.1. The van der Waals surface area contributed by atoms with Gasteiger partial charge in [0.2, 0.25) is 0 Å². The summed E-state index contributed by atoms with van der Waals surface area (Å²) in [5.41, 5.74) is 2.87. The van der Waals surface area contributed by atoms with Gasteiger partial charge in [-0.3, -0.25) is 10.1 Å². The maximum atomic E-state index is 10.9. The van der Waals surface area contributed by atoms with Gasteiger partial charge < -0.3 is 9.47 Å². The van der Waals surface area contributed by atoms with E-state index >= 15 is 0 Å². The number of benzene rings is 3. The first-order chi connectivity index (χ1) is 12.2. The SMILES string of the molecule is COc1ccc([N+](=O)[O-])cc1COc1ccc(-c2ccccc2)cc1. The van der Waals surface area contributed by atoms with Gasteiger partial charge in [-0.2, -0.15) is 0 Å². The van der Waals surface area contributed by atoms with Crippen molar-refractivity contribution in [3.8, 4) is 22.6 Å². The third-order valence-corrected chi connectivity index (χ3v) is 3.83. The van der Waals surface area contributed by atoms with Crippen molar-refractivity contribution in [1.82, 2.24) is 0 Å². The van der Waals surface area contributed by atoms with E-state index in [9.17, 15) is 10.1 Å². The molecule has 0 unspecified atom stereocenters. The highest BCUT2D eigenvalue weighted by atomic mass is 16.6. The van der Waals surface area contributed by atoms with E-state index in [0.717, 1.165) is 11.1 Å². The maximum Gasteiger partial charge on any atom is 0.270 e. The first-order valence-electron chi connectivity index (χ1n) is 7.77. The number of methoxy groups -OCH3 is 1. The Hall–Kier alpha value is -3.34. The normalized spacial score (nSPS) is 10.3. The van der Waals surface area contributed by atoms with Crippen LogP contribution in [0.4, 0.5) is 5.69 Å². The molecule has 25 heavy (non-hydrogen) atoms. The molecule has 0 bridgehead atoms. The van der Waals surface area contributed by atoms with E-state index in [1.54, 1.807) is 6.07 Å². The van der Waals surface area contributed by atoms with E-state index in [4.69, 9.17) is 9.47 Å². The summed E-state index contributed by atoms with van der Waals surface area (Å²) >= 11 is 0. The fraction of sp³-hybridized carbons (Fsp3) is 0.100.